The average Bonchev–Trinajstić information content (AvgIpc) is 2.85. The van der Waals surface area contributed by atoms with Gasteiger partial charge in [-0.05, 0) is 19.4 Å². The number of hydrogen-bond donors (Lipinski definition) is 2. The Balaban J connectivity index is 2.10. The van der Waals surface area contributed by atoms with Crippen LogP contribution in [-0.4, -0.2) is 24.9 Å². The van der Waals surface area contributed by atoms with Crippen LogP contribution in [0.2, 0.25) is 0 Å². The maximum Gasteiger partial charge on any atom is 0.321 e. The molecule has 0 fully saturated rings. The number of aromatic nitrogens is 1. The number of anilines is 1. The standard InChI is InChI=1S/C15H19N3O3/c1-11-9-13(18-21-11)16-14(19)17-15(2,10-20-3)12-7-5-4-6-8-12/h4-9H,10H2,1-3H3,(H2,16,17,18,19)/t15-/m1/s1. The van der Waals surface area contributed by atoms with Gasteiger partial charge in [0.25, 0.3) is 0 Å². The summed E-state index contributed by atoms with van der Waals surface area (Å²) in [4.78, 5) is 12.1. The number of carbonyl (C=O) groups is 1. The van der Waals surface area contributed by atoms with E-state index < -0.39 is 5.54 Å². The molecule has 21 heavy (non-hydrogen) atoms. The van der Waals surface area contributed by atoms with E-state index in [0.717, 1.165) is 5.56 Å². The van der Waals surface area contributed by atoms with E-state index in [1.807, 2.05) is 37.3 Å². The van der Waals surface area contributed by atoms with Crippen LogP contribution >= 0.6 is 0 Å². The van der Waals surface area contributed by atoms with Crippen molar-refractivity contribution in [3.05, 3.63) is 47.7 Å². The van der Waals surface area contributed by atoms with Crippen molar-refractivity contribution in [2.24, 2.45) is 0 Å². The first-order valence-corrected chi connectivity index (χ1v) is 6.60. The van der Waals surface area contributed by atoms with Gasteiger partial charge in [0.2, 0.25) is 0 Å². The van der Waals surface area contributed by atoms with Crippen LogP contribution in [-0.2, 0) is 10.3 Å². The third kappa shape index (κ3) is 3.82. The molecule has 0 spiro atoms. The van der Waals surface area contributed by atoms with Gasteiger partial charge in [-0.1, -0.05) is 35.5 Å². The van der Waals surface area contributed by atoms with E-state index in [0.29, 0.717) is 18.2 Å². The van der Waals surface area contributed by atoms with Gasteiger partial charge in [0, 0.05) is 13.2 Å². The largest absolute Gasteiger partial charge is 0.382 e. The molecule has 0 radical (unpaired) electrons. The number of benzene rings is 1. The molecule has 1 aromatic heterocycles. The van der Waals surface area contributed by atoms with Gasteiger partial charge in [0.15, 0.2) is 5.82 Å². The lowest BCUT2D eigenvalue weighted by molar-refractivity contribution is 0.123. The van der Waals surface area contributed by atoms with Crippen LogP contribution in [0.4, 0.5) is 10.6 Å². The van der Waals surface area contributed by atoms with Gasteiger partial charge in [-0.15, -0.1) is 0 Å². The number of amides is 2. The van der Waals surface area contributed by atoms with E-state index in [-0.39, 0.29) is 6.03 Å². The number of nitrogens with one attached hydrogen (secondary N) is 2. The van der Waals surface area contributed by atoms with Crippen molar-refractivity contribution < 1.29 is 14.1 Å². The highest BCUT2D eigenvalue weighted by Gasteiger charge is 2.28. The summed E-state index contributed by atoms with van der Waals surface area (Å²) >= 11 is 0. The first-order chi connectivity index (χ1) is 10.0. The molecule has 0 aliphatic rings. The molecule has 6 nitrogen and oxygen atoms in total. The lowest BCUT2D eigenvalue weighted by Gasteiger charge is -2.30. The molecule has 2 rings (SSSR count). The van der Waals surface area contributed by atoms with Crippen LogP contribution in [0, 0.1) is 6.92 Å². The minimum Gasteiger partial charge on any atom is -0.382 e. The Bertz CT molecular complexity index is 597. The predicted molar refractivity (Wildman–Crippen MR) is 79.1 cm³/mol. The van der Waals surface area contributed by atoms with Crippen molar-refractivity contribution in [1.82, 2.24) is 10.5 Å². The molecular formula is C15H19N3O3. The van der Waals surface area contributed by atoms with E-state index >= 15 is 0 Å². The van der Waals surface area contributed by atoms with Gasteiger partial charge >= 0.3 is 6.03 Å². The maximum absolute atomic E-state index is 12.1. The van der Waals surface area contributed by atoms with Gasteiger partial charge in [-0.3, -0.25) is 5.32 Å². The number of ether oxygens (including phenoxy) is 1. The highest BCUT2D eigenvalue weighted by atomic mass is 16.5. The van der Waals surface area contributed by atoms with Gasteiger partial charge in [-0.2, -0.15) is 0 Å². The summed E-state index contributed by atoms with van der Waals surface area (Å²) in [5, 5.41) is 9.27. The first kappa shape index (κ1) is 15.1. The van der Waals surface area contributed by atoms with E-state index in [9.17, 15) is 4.79 Å². The van der Waals surface area contributed by atoms with Crippen LogP contribution in [0.1, 0.15) is 18.2 Å². The van der Waals surface area contributed by atoms with Crippen LogP contribution < -0.4 is 10.6 Å². The smallest absolute Gasteiger partial charge is 0.321 e. The summed E-state index contributed by atoms with van der Waals surface area (Å²) in [7, 11) is 1.60. The second-order valence-electron chi connectivity index (χ2n) is 5.03. The molecule has 2 amide bonds. The second-order valence-corrected chi connectivity index (χ2v) is 5.03. The zero-order valence-electron chi connectivity index (χ0n) is 12.3. The fourth-order valence-corrected chi connectivity index (χ4v) is 2.11. The summed E-state index contributed by atoms with van der Waals surface area (Å²) in [5.74, 6) is 1.01. The van der Waals surface area contributed by atoms with Crippen molar-refractivity contribution in [2.75, 3.05) is 19.0 Å². The first-order valence-electron chi connectivity index (χ1n) is 6.60. The molecule has 0 aliphatic carbocycles. The Morgan fingerprint density at radius 2 is 2.10 bits per heavy atom. The molecule has 1 heterocycles. The van der Waals surface area contributed by atoms with Crippen molar-refractivity contribution in [1.29, 1.82) is 0 Å². The van der Waals surface area contributed by atoms with Gasteiger partial charge in [0.1, 0.15) is 5.76 Å². The van der Waals surface area contributed by atoms with Gasteiger partial charge in [-0.25, -0.2) is 4.79 Å². The minimum absolute atomic E-state index is 0.349. The van der Waals surface area contributed by atoms with Gasteiger partial charge in [0.05, 0.1) is 12.1 Å². The SMILES string of the molecule is COC[C@@](C)(NC(=O)Nc1cc(C)on1)c1ccccc1. The molecular weight excluding hydrogens is 270 g/mol. The predicted octanol–water partition coefficient (Wildman–Crippen LogP) is 2.67. The molecule has 2 N–H and O–H groups in total. The van der Waals surface area contributed by atoms with E-state index in [1.165, 1.54) is 0 Å². The minimum atomic E-state index is -0.640. The Hall–Kier alpha value is -2.34. The molecule has 0 saturated heterocycles. The van der Waals surface area contributed by atoms with Crippen molar-refractivity contribution in [3.63, 3.8) is 0 Å². The van der Waals surface area contributed by atoms with Crippen LogP contribution in [0.15, 0.2) is 40.9 Å². The monoisotopic (exact) mass is 289 g/mol. The molecule has 1 aromatic carbocycles. The number of hydrogen-bond acceptors (Lipinski definition) is 4. The summed E-state index contributed by atoms with van der Waals surface area (Å²) in [6.45, 7) is 4.01. The van der Waals surface area contributed by atoms with Crippen molar-refractivity contribution in [3.8, 4) is 0 Å². The highest BCUT2D eigenvalue weighted by Crippen LogP contribution is 2.21. The Labute approximate surface area is 123 Å². The Morgan fingerprint density at radius 1 is 1.38 bits per heavy atom. The van der Waals surface area contributed by atoms with E-state index in [2.05, 4.69) is 15.8 Å². The Kier molecular flexibility index (Phi) is 4.59. The van der Waals surface area contributed by atoms with E-state index in [4.69, 9.17) is 9.26 Å². The van der Waals surface area contributed by atoms with Crippen molar-refractivity contribution >= 4 is 11.8 Å². The highest BCUT2D eigenvalue weighted by molar-refractivity contribution is 5.88. The number of urea groups is 1. The summed E-state index contributed by atoms with van der Waals surface area (Å²) in [6, 6.07) is 10.9. The molecule has 0 unspecified atom stereocenters. The molecule has 2 aromatic rings. The fraction of sp³-hybridized carbons (Fsp3) is 0.333. The lowest BCUT2D eigenvalue weighted by atomic mass is 9.93. The van der Waals surface area contributed by atoms with Crippen LogP contribution in [0.3, 0.4) is 0 Å². The van der Waals surface area contributed by atoms with Crippen LogP contribution in [0.25, 0.3) is 0 Å². The maximum atomic E-state index is 12.1. The number of aryl methyl sites for hydroxylation is 1. The zero-order valence-corrected chi connectivity index (χ0v) is 12.3. The Morgan fingerprint density at radius 3 is 2.67 bits per heavy atom. The third-order valence-electron chi connectivity index (χ3n) is 3.10. The average molecular weight is 289 g/mol. The van der Waals surface area contributed by atoms with Gasteiger partial charge < -0.3 is 14.6 Å². The number of methoxy groups -OCH3 is 1. The molecule has 6 heteroatoms. The summed E-state index contributed by atoms with van der Waals surface area (Å²) in [5.41, 5.74) is 0.317. The summed E-state index contributed by atoms with van der Waals surface area (Å²) < 4.78 is 10.2. The quantitative estimate of drug-likeness (QED) is 0.887. The zero-order chi connectivity index (χ0) is 15.3. The lowest BCUT2D eigenvalue weighted by Crippen LogP contribution is -2.48. The summed E-state index contributed by atoms with van der Waals surface area (Å²) in [6.07, 6.45) is 0. The topological polar surface area (TPSA) is 76.4 Å². The molecule has 112 valence electrons. The number of carbonyl (C=O) groups excluding carboxylic acids is 1. The second kappa shape index (κ2) is 6.41. The number of rotatable bonds is 5. The molecule has 0 aliphatic heterocycles. The van der Waals surface area contributed by atoms with Crippen molar-refractivity contribution in [2.45, 2.75) is 19.4 Å². The normalized spacial score (nSPS) is 13.5. The number of nitrogens with zero attached hydrogens (tertiary/aromatic N) is 1. The molecule has 0 saturated carbocycles. The van der Waals surface area contributed by atoms with Crippen LogP contribution in [0.5, 0.6) is 0 Å². The molecule has 1 atom stereocenters. The fourth-order valence-electron chi connectivity index (χ4n) is 2.11. The van der Waals surface area contributed by atoms with E-state index in [1.54, 1.807) is 20.1 Å². The third-order valence-corrected chi connectivity index (χ3v) is 3.10. The molecule has 0 bridgehead atoms.